The molecule has 0 atom stereocenters. The van der Waals surface area contributed by atoms with Crippen molar-refractivity contribution in [3.05, 3.63) is 65.2 Å². The minimum atomic E-state index is -4.76. The highest BCUT2D eigenvalue weighted by atomic mass is 35.5. The highest BCUT2D eigenvalue weighted by molar-refractivity contribution is 6.31. The number of nitrogens with zero attached hydrogens (tertiary/aromatic N) is 2. The van der Waals surface area contributed by atoms with E-state index in [0.29, 0.717) is 34.6 Å². The lowest BCUT2D eigenvalue weighted by atomic mass is 9.96. The molecule has 1 aliphatic rings. The van der Waals surface area contributed by atoms with Gasteiger partial charge in [-0.1, -0.05) is 61.2 Å². The van der Waals surface area contributed by atoms with Crippen molar-refractivity contribution in [2.45, 2.75) is 51.1 Å². The number of halogens is 4. The summed E-state index contributed by atoms with van der Waals surface area (Å²) in [6.07, 6.45) is 0.808. The number of anilines is 2. The van der Waals surface area contributed by atoms with Gasteiger partial charge in [0.15, 0.2) is 0 Å². The van der Waals surface area contributed by atoms with Crippen molar-refractivity contribution in [1.29, 1.82) is 0 Å². The molecular weight excluding hydrogens is 453 g/mol. The summed E-state index contributed by atoms with van der Waals surface area (Å²) in [6.45, 7) is 0.441. The smallest absolute Gasteiger partial charge is 0.406 e. The fourth-order valence-electron chi connectivity index (χ4n) is 3.86. The predicted octanol–water partition coefficient (Wildman–Crippen LogP) is 7.05. The normalized spacial score (nSPS) is 14.7. The second-order valence-electron chi connectivity index (χ2n) is 7.96. The van der Waals surface area contributed by atoms with Crippen LogP contribution in [0.25, 0.3) is 11.3 Å². The molecule has 1 aromatic heterocycles. The van der Waals surface area contributed by atoms with Crippen LogP contribution in [-0.4, -0.2) is 22.4 Å². The van der Waals surface area contributed by atoms with Crippen LogP contribution in [0.15, 0.2) is 54.6 Å². The van der Waals surface area contributed by atoms with E-state index < -0.39 is 6.36 Å². The summed E-state index contributed by atoms with van der Waals surface area (Å²) >= 11 is 6.26. The van der Waals surface area contributed by atoms with Gasteiger partial charge in [0.05, 0.1) is 5.69 Å². The van der Waals surface area contributed by atoms with Gasteiger partial charge in [-0.3, -0.25) is 0 Å². The molecule has 174 valence electrons. The van der Waals surface area contributed by atoms with Gasteiger partial charge in [0.2, 0.25) is 5.95 Å². The van der Waals surface area contributed by atoms with Crippen LogP contribution in [0.4, 0.5) is 24.9 Å². The maximum absolute atomic E-state index is 12.7. The lowest BCUT2D eigenvalue weighted by Gasteiger charge is -2.23. The van der Waals surface area contributed by atoms with E-state index in [0.717, 1.165) is 31.2 Å². The van der Waals surface area contributed by atoms with Crippen molar-refractivity contribution in [2.24, 2.45) is 0 Å². The van der Waals surface area contributed by atoms with Gasteiger partial charge in [0, 0.05) is 29.2 Å². The standard InChI is InChI=1S/C24H24ClF3N4O/c25-20-12-5-4-7-17(20)15-29-22-14-21(16-8-6-11-19(13-16)33-24(26,27)28)31-23(32-22)30-18-9-2-1-3-10-18/h4-8,11-14,18H,1-3,9-10,15H2,(H2,29,30,31,32). The zero-order valence-corrected chi connectivity index (χ0v) is 18.6. The Hall–Kier alpha value is -3.00. The second kappa shape index (κ2) is 10.3. The summed E-state index contributed by atoms with van der Waals surface area (Å²) in [5.74, 6) is 0.676. The topological polar surface area (TPSA) is 59.1 Å². The molecule has 0 unspecified atom stereocenters. The lowest BCUT2D eigenvalue weighted by molar-refractivity contribution is -0.274. The number of hydrogen-bond donors (Lipinski definition) is 2. The molecule has 2 N–H and O–H groups in total. The molecule has 1 fully saturated rings. The third-order valence-electron chi connectivity index (χ3n) is 5.45. The molecule has 33 heavy (non-hydrogen) atoms. The van der Waals surface area contributed by atoms with Crippen LogP contribution < -0.4 is 15.4 Å². The van der Waals surface area contributed by atoms with E-state index in [9.17, 15) is 13.2 Å². The zero-order chi connectivity index (χ0) is 23.3. The summed E-state index contributed by atoms with van der Waals surface area (Å²) in [6, 6.07) is 15.2. The Kier molecular flexibility index (Phi) is 7.23. The Morgan fingerprint density at radius 2 is 1.76 bits per heavy atom. The minimum absolute atomic E-state index is 0.269. The van der Waals surface area contributed by atoms with Gasteiger partial charge in [-0.15, -0.1) is 13.2 Å². The van der Waals surface area contributed by atoms with Crippen LogP contribution in [0.3, 0.4) is 0 Å². The van der Waals surface area contributed by atoms with E-state index in [-0.39, 0.29) is 11.8 Å². The number of ether oxygens (including phenoxy) is 1. The molecule has 0 aliphatic heterocycles. The van der Waals surface area contributed by atoms with E-state index in [1.165, 1.54) is 24.6 Å². The first kappa shape index (κ1) is 23.2. The van der Waals surface area contributed by atoms with E-state index in [4.69, 9.17) is 11.6 Å². The van der Waals surface area contributed by atoms with Crippen molar-refractivity contribution in [3.8, 4) is 17.0 Å². The summed E-state index contributed by atoms with van der Waals surface area (Å²) in [7, 11) is 0. The molecule has 0 saturated heterocycles. The predicted molar refractivity (Wildman–Crippen MR) is 123 cm³/mol. The molecule has 1 heterocycles. The van der Waals surface area contributed by atoms with Crippen molar-refractivity contribution in [1.82, 2.24) is 9.97 Å². The number of benzene rings is 2. The van der Waals surface area contributed by atoms with Crippen LogP contribution in [0, 0.1) is 0 Å². The van der Waals surface area contributed by atoms with Crippen molar-refractivity contribution in [2.75, 3.05) is 10.6 Å². The van der Waals surface area contributed by atoms with Gasteiger partial charge in [0.25, 0.3) is 0 Å². The lowest BCUT2D eigenvalue weighted by Crippen LogP contribution is -2.23. The highest BCUT2D eigenvalue weighted by Gasteiger charge is 2.31. The van der Waals surface area contributed by atoms with E-state index >= 15 is 0 Å². The molecule has 1 saturated carbocycles. The van der Waals surface area contributed by atoms with E-state index in [1.807, 2.05) is 24.3 Å². The van der Waals surface area contributed by atoms with Crippen LogP contribution in [-0.2, 0) is 6.54 Å². The van der Waals surface area contributed by atoms with E-state index in [2.05, 4.69) is 25.3 Å². The van der Waals surface area contributed by atoms with Gasteiger partial charge in [0.1, 0.15) is 11.6 Å². The molecule has 4 rings (SSSR count). The van der Waals surface area contributed by atoms with Crippen LogP contribution in [0.2, 0.25) is 5.02 Å². The first-order valence-electron chi connectivity index (χ1n) is 10.8. The van der Waals surface area contributed by atoms with E-state index in [1.54, 1.807) is 12.1 Å². The minimum Gasteiger partial charge on any atom is -0.406 e. The SMILES string of the molecule is FC(F)(F)Oc1cccc(-c2cc(NCc3ccccc3Cl)nc(NC3CCCCC3)n2)c1. The van der Waals surface area contributed by atoms with Crippen molar-refractivity contribution in [3.63, 3.8) is 0 Å². The average molecular weight is 477 g/mol. The summed E-state index contributed by atoms with van der Waals surface area (Å²) in [5.41, 5.74) is 1.88. The van der Waals surface area contributed by atoms with Crippen molar-refractivity contribution >= 4 is 23.4 Å². The molecular formula is C24H24ClF3N4O. The third kappa shape index (κ3) is 6.74. The Morgan fingerprint density at radius 1 is 0.970 bits per heavy atom. The van der Waals surface area contributed by atoms with Crippen LogP contribution in [0.5, 0.6) is 5.75 Å². The molecule has 1 aliphatic carbocycles. The summed E-state index contributed by atoms with van der Waals surface area (Å²) in [4.78, 5) is 9.17. The quantitative estimate of drug-likeness (QED) is 0.382. The third-order valence-corrected chi connectivity index (χ3v) is 5.81. The van der Waals surface area contributed by atoms with Crippen molar-refractivity contribution < 1.29 is 17.9 Å². The van der Waals surface area contributed by atoms with Crippen LogP contribution in [0.1, 0.15) is 37.7 Å². The second-order valence-corrected chi connectivity index (χ2v) is 8.37. The summed E-state index contributed by atoms with van der Waals surface area (Å²) in [5, 5.41) is 7.29. The maximum Gasteiger partial charge on any atom is 0.573 e. The van der Waals surface area contributed by atoms with Gasteiger partial charge < -0.3 is 15.4 Å². The summed E-state index contributed by atoms with van der Waals surface area (Å²) < 4.78 is 42.1. The first-order valence-corrected chi connectivity index (χ1v) is 11.2. The number of rotatable bonds is 7. The molecule has 3 aromatic rings. The number of nitrogens with one attached hydrogen (secondary N) is 2. The first-order chi connectivity index (χ1) is 15.9. The molecule has 9 heteroatoms. The molecule has 2 aromatic carbocycles. The number of alkyl halides is 3. The van der Waals surface area contributed by atoms with Gasteiger partial charge in [-0.2, -0.15) is 4.98 Å². The van der Waals surface area contributed by atoms with Gasteiger partial charge >= 0.3 is 6.36 Å². The Balaban J connectivity index is 1.62. The maximum atomic E-state index is 12.7. The molecule has 0 bridgehead atoms. The fourth-order valence-corrected chi connectivity index (χ4v) is 4.06. The molecule has 0 amide bonds. The number of hydrogen-bond acceptors (Lipinski definition) is 5. The fraction of sp³-hybridized carbons (Fsp3) is 0.333. The van der Waals surface area contributed by atoms with Gasteiger partial charge in [-0.25, -0.2) is 4.98 Å². The Labute approximate surface area is 195 Å². The number of aromatic nitrogens is 2. The molecule has 0 radical (unpaired) electrons. The monoisotopic (exact) mass is 476 g/mol. The zero-order valence-electron chi connectivity index (χ0n) is 17.8. The molecule has 5 nitrogen and oxygen atoms in total. The highest BCUT2D eigenvalue weighted by Crippen LogP contribution is 2.29. The Bertz CT molecular complexity index is 1090. The van der Waals surface area contributed by atoms with Crippen LogP contribution >= 0.6 is 11.6 Å². The molecule has 0 spiro atoms. The largest absolute Gasteiger partial charge is 0.573 e. The van der Waals surface area contributed by atoms with Gasteiger partial charge in [-0.05, 0) is 36.6 Å². The Morgan fingerprint density at radius 3 is 2.52 bits per heavy atom. The average Bonchev–Trinajstić information content (AvgIpc) is 2.78.